The minimum atomic E-state index is -1.31. The number of nitrogens with zero attached hydrogens (tertiary/aromatic N) is 1. The second-order valence-corrected chi connectivity index (χ2v) is 7.13. The van der Waals surface area contributed by atoms with E-state index in [1.54, 1.807) is 0 Å². The number of aromatic amines is 1. The second-order valence-electron chi connectivity index (χ2n) is 7.13. The van der Waals surface area contributed by atoms with Crippen LogP contribution in [0.2, 0.25) is 0 Å². The number of carboxylic acids is 1. The van der Waals surface area contributed by atoms with Gasteiger partial charge in [0.15, 0.2) is 0 Å². The fourth-order valence-electron chi connectivity index (χ4n) is 2.65. The Morgan fingerprint density at radius 1 is 0.939 bits per heavy atom. The topological polar surface area (TPSA) is 265 Å². The first-order valence-electron chi connectivity index (χ1n) is 9.89. The molecule has 1 heterocycles. The largest absolute Gasteiger partial charge is 0.480 e. The molecule has 0 bridgehead atoms. The molecule has 33 heavy (non-hydrogen) atoms. The van der Waals surface area contributed by atoms with Crippen molar-refractivity contribution in [1.82, 2.24) is 25.9 Å². The average molecular weight is 468 g/mol. The maximum Gasteiger partial charge on any atom is 0.322 e. The zero-order chi connectivity index (χ0) is 25.0. The minimum Gasteiger partial charge on any atom is -0.480 e. The molecule has 1 aromatic rings. The Morgan fingerprint density at radius 3 is 2.09 bits per heavy atom. The molecular weight excluding hydrogens is 440 g/mol. The van der Waals surface area contributed by atoms with Crippen LogP contribution < -0.4 is 33.2 Å². The lowest BCUT2D eigenvalue weighted by molar-refractivity contribution is -0.138. The van der Waals surface area contributed by atoms with Gasteiger partial charge >= 0.3 is 5.97 Å². The molecule has 1 rings (SSSR count). The number of carbonyl (C=O) groups is 6. The molecule has 0 spiro atoms. The van der Waals surface area contributed by atoms with Crippen molar-refractivity contribution in [2.45, 2.75) is 50.2 Å². The summed E-state index contributed by atoms with van der Waals surface area (Å²) >= 11 is 0. The Kier molecular flexibility index (Phi) is 11.0. The van der Waals surface area contributed by atoms with Crippen molar-refractivity contribution in [2.75, 3.05) is 6.54 Å². The monoisotopic (exact) mass is 468 g/mol. The molecule has 3 atom stereocenters. The van der Waals surface area contributed by atoms with E-state index in [2.05, 4.69) is 25.9 Å². The Labute approximate surface area is 188 Å². The van der Waals surface area contributed by atoms with E-state index in [0.717, 1.165) is 0 Å². The predicted molar refractivity (Wildman–Crippen MR) is 112 cm³/mol. The van der Waals surface area contributed by atoms with Crippen molar-refractivity contribution < 1.29 is 33.9 Å². The molecule has 0 fully saturated rings. The first kappa shape index (κ1) is 27.0. The van der Waals surface area contributed by atoms with Gasteiger partial charge in [-0.25, -0.2) is 4.98 Å². The molecule has 182 valence electrons. The van der Waals surface area contributed by atoms with E-state index in [4.69, 9.17) is 22.3 Å². The number of hydrogen-bond donors (Lipinski definition) is 8. The first-order chi connectivity index (χ1) is 15.5. The number of H-pyrrole nitrogens is 1. The number of amides is 5. The van der Waals surface area contributed by atoms with Crippen LogP contribution in [0.1, 0.15) is 31.4 Å². The van der Waals surface area contributed by atoms with Crippen LogP contribution in [-0.2, 0) is 35.2 Å². The number of carboxylic acid groups (broad SMARTS) is 1. The molecule has 0 saturated heterocycles. The zero-order valence-corrected chi connectivity index (χ0v) is 17.7. The molecule has 0 radical (unpaired) electrons. The highest BCUT2D eigenvalue weighted by Crippen LogP contribution is 2.04. The standard InChI is InChI=1S/C18H28N8O7/c19-10(1-3-13(20)27)16(31)26-12(5-9-6-22-8-24-9)18(33)25-11(2-4-14(21)28)17(32)23-7-15(29)30/h6,8,10-12H,1-5,7,19H2,(H2,20,27)(H2,21,28)(H,22,24)(H,23,32)(H,25,33)(H,26,31)(H,29,30). The third-order valence-corrected chi connectivity index (χ3v) is 4.38. The van der Waals surface area contributed by atoms with Gasteiger partial charge in [-0.1, -0.05) is 0 Å². The molecule has 11 N–H and O–H groups in total. The summed E-state index contributed by atoms with van der Waals surface area (Å²) in [5.74, 6) is -5.08. The molecule has 5 amide bonds. The summed E-state index contributed by atoms with van der Waals surface area (Å²) in [5, 5.41) is 15.7. The van der Waals surface area contributed by atoms with Crippen LogP contribution in [0.3, 0.4) is 0 Å². The Balaban J connectivity index is 2.95. The van der Waals surface area contributed by atoms with Gasteiger partial charge in [-0.05, 0) is 12.8 Å². The zero-order valence-electron chi connectivity index (χ0n) is 17.7. The van der Waals surface area contributed by atoms with Gasteiger partial charge in [-0.3, -0.25) is 28.8 Å². The SMILES string of the molecule is NC(=O)CCC(N)C(=O)NC(Cc1cnc[nH]1)C(=O)NC(CCC(N)=O)C(=O)NCC(=O)O. The minimum absolute atomic E-state index is 0.0433. The number of carbonyl (C=O) groups excluding carboxylic acids is 5. The lowest BCUT2D eigenvalue weighted by Crippen LogP contribution is -2.56. The second kappa shape index (κ2) is 13.4. The third-order valence-electron chi connectivity index (χ3n) is 4.38. The van der Waals surface area contributed by atoms with E-state index in [1.165, 1.54) is 12.5 Å². The van der Waals surface area contributed by atoms with Crippen molar-refractivity contribution in [1.29, 1.82) is 0 Å². The molecular formula is C18H28N8O7. The van der Waals surface area contributed by atoms with Crippen LogP contribution in [0.4, 0.5) is 0 Å². The molecule has 0 aliphatic heterocycles. The van der Waals surface area contributed by atoms with Gasteiger partial charge in [0.2, 0.25) is 29.5 Å². The Hall–Kier alpha value is -4.01. The van der Waals surface area contributed by atoms with Crippen LogP contribution in [0, 0.1) is 0 Å². The summed E-state index contributed by atoms with van der Waals surface area (Å²) in [5.41, 5.74) is 16.4. The van der Waals surface area contributed by atoms with Gasteiger partial charge in [0.1, 0.15) is 18.6 Å². The molecule has 1 aromatic heterocycles. The molecule has 0 aliphatic rings. The highest BCUT2D eigenvalue weighted by molar-refractivity contribution is 5.94. The normalized spacial score (nSPS) is 13.2. The summed E-state index contributed by atoms with van der Waals surface area (Å²) in [6.07, 6.45) is 2.09. The van der Waals surface area contributed by atoms with E-state index >= 15 is 0 Å². The maximum atomic E-state index is 12.9. The number of aliphatic carboxylic acids is 1. The van der Waals surface area contributed by atoms with Crippen LogP contribution in [-0.4, -0.2) is 75.2 Å². The van der Waals surface area contributed by atoms with Crippen LogP contribution >= 0.6 is 0 Å². The van der Waals surface area contributed by atoms with Crippen molar-refractivity contribution in [3.05, 3.63) is 18.2 Å². The lowest BCUT2D eigenvalue weighted by atomic mass is 10.1. The molecule has 0 aromatic carbocycles. The van der Waals surface area contributed by atoms with Crippen molar-refractivity contribution in [3.63, 3.8) is 0 Å². The van der Waals surface area contributed by atoms with E-state index in [-0.39, 0.29) is 32.1 Å². The smallest absolute Gasteiger partial charge is 0.322 e. The highest BCUT2D eigenvalue weighted by Gasteiger charge is 2.29. The van der Waals surface area contributed by atoms with Gasteiger partial charge < -0.3 is 43.2 Å². The fourth-order valence-corrected chi connectivity index (χ4v) is 2.65. The first-order valence-corrected chi connectivity index (χ1v) is 9.89. The Bertz CT molecular complexity index is 858. The summed E-state index contributed by atoms with van der Waals surface area (Å²) < 4.78 is 0. The fraction of sp³-hybridized carbons (Fsp3) is 0.500. The van der Waals surface area contributed by atoms with Crippen LogP contribution in [0.5, 0.6) is 0 Å². The van der Waals surface area contributed by atoms with Gasteiger partial charge in [-0.2, -0.15) is 0 Å². The molecule has 0 aliphatic carbocycles. The number of nitrogens with two attached hydrogens (primary N) is 3. The number of aromatic nitrogens is 2. The van der Waals surface area contributed by atoms with Gasteiger partial charge in [0.25, 0.3) is 0 Å². The van der Waals surface area contributed by atoms with Crippen molar-refractivity contribution in [3.8, 4) is 0 Å². The van der Waals surface area contributed by atoms with Gasteiger partial charge in [-0.15, -0.1) is 0 Å². The number of hydrogen-bond acceptors (Lipinski definition) is 8. The van der Waals surface area contributed by atoms with Crippen molar-refractivity contribution >= 4 is 35.5 Å². The van der Waals surface area contributed by atoms with E-state index in [1.807, 2.05) is 0 Å². The molecule has 15 heteroatoms. The molecule has 3 unspecified atom stereocenters. The molecule has 15 nitrogen and oxygen atoms in total. The van der Waals surface area contributed by atoms with Crippen LogP contribution in [0.25, 0.3) is 0 Å². The lowest BCUT2D eigenvalue weighted by Gasteiger charge is -2.23. The van der Waals surface area contributed by atoms with E-state index < -0.39 is 60.2 Å². The number of primary amides is 2. The van der Waals surface area contributed by atoms with Crippen LogP contribution in [0.15, 0.2) is 12.5 Å². The van der Waals surface area contributed by atoms with Gasteiger partial charge in [0, 0.05) is 31.2 Å². The highest BCUT2D eigenvalue weighted by atomic mass is 16.4. The number of rotatable bonds is 15. The predicted octanol–water partition coefficient (Wildman–Crippen LogP) is -4.02. The summed E-state index contributed by atoms with van der Waals surface area (Å²) in [7, 11) is 0. The maximum absolute atomic E-state index is 12.9. The number of imidazole rings is 1. The average Bonchev–Trinajstić information content (AvgIpc) is 3.25. The summed E-state index contributed by atoms with van der Waals surface area (Å²) in [6.45, 7) is -0.704. The van der Waals surface area contributed by atoms with Crippen molar-refractivity contribution in [2.24, 2.45) is 17.2 Å². The third kappa shape index (κ3) is 10.7. The summed E-state index contributed by atoms with van der Waals surface area (Å²) in [6, 6.07) is -3.64. The van der Waals surface area contributed by atoms with E-state index in [9.17, 15) is 28.8 Å². The number of nitrogens with one attached hydrogen (secondary N) is 4. The van der Waals surface area contributed by atoms with E-state index in [0.29, 0.717) is 5.69 Å². The Morgan fingerprint density at radius 2 is 1.55 bits per heavy atom. The summed E-state index contributed by atoms with van der Waals surface area (Å²) in [4.78, 5) is 77.0. The van der Waals surface area contributed by atoms with Gasteiger partial charge in [0.05, 0.1) is 12.4 Å². The quantitative estimate of drug-likeness (QED) is 0.124. The molecule has 0 saturated carbocycles.